The van der Waals surface area contributed by atoms with E-state index in [1.807, 2.05) is 60.8 Å². The van der Waals surface area contributed by atoms with Crippen molar-refractivity contribution in [2.75, 3.05) is 16.0 Å². The largest absolute Gasteiger partial charge is 0.340 e. The van der Waals surface area contributed by atoms with Crippen molar-refractivity contribution in [3.63, 3.8) is 0 Å². The summed E-state index contributed by atoms with van der Waals surface area (Å²) in [5, 5.41) is 11.2. The van der Waals surface area contributed by atoms with Crippen LogP contribution in [0.1, 0.15) is 15.5 Å². The Kier molecular flexibility index (Phi) is 6.01. The van der Waals surface area contributed by atoms with E-state index in [1.165, 1.54) is 11.3 Å². The first kappa shape index (κ1) is 20.0. The van der Waals surface area contributed by atoms with Gasteiger partial charge in [-0.1, -0.05) is 6.07 Å². The van der Waals surface area contributed by atoms with Gasteiger partial charge in [-0.15, -0.1) is 11.3 Å². The summed E-state index contributed by atoms with van der Waals surface area (Å²) in [5.41, 5.74) is 1.56. The molecule has 150 valence electrons. The van der Waals surface area contributed by atoms with E-state index >= 15 is 0 Å². The number of hydrogen-bond acceptors (Lipinski definition) is 7. The van der Waals surface area contributed by atoms with E-state index in [2.05, 4.69) is 46.8 Å². The van der Waals surface area contributed by atoms with Crippen molar-refractivity contribution in [3.8, 4) is 0 Å². The minimum atomic E-state index is -0.136. The molecule has 1 amide bonds. The van der Waals surface area contributed by atoms with Crippen molar-refractivity contribution in [1.82, 2.24) is 15.0 Å². The van der Waals surface area contributed by atoms with Crippen LogP contribution in [-0.2, 0) is 0 Å². The number of hydrogen-bond donors (Lipinski definition) is 3. The average molecular weight is 481 g/mol. The van der Waals surface area contributed by atoms with Crippen molar-refractivity contribution in [1.29, 1.82) is 0 Å². The molecule has 1 aromatic carbocycles. The number of nitrogens with one attached hydrogen (secondary N) is 3. The molecule has 0 saturated carbocycles. The number of halogens is 1. The van der Waals surface area contributed by atoms with Gasteiger partial charge in [0, 0.05) is 33.5 Å². The third kappa shape index (κ3) is 5.19. The van der Waals surface area contributed by atoms with E-state index in [1.54, 1.807) is 12.3 Å². The maximum atomic E-state index is 12.3. The van der Waals surface area contributed by atoms with Crippen molar-refractivity contribution in [2.45, 2.75) is 6.92 Å². The highest BCUT2D eigenvalue weighted by atomic mass is 79.9. The standard InChI is InChI=1S/C21H17BrN6OS/c1-13-24-19(11-20(25-13)28-18-4-2-3-9-23-18)26-15-5-7-16(8-6-15)27-21(29)17-10-14(22)12-30-17/h2-12H,1H3,(H,27,29)(H2,23,24,25,26,28). The normalized spacial score (nSPS) is 10.5. The molecule has 0 radical (unpaired) electrons. The first-order valence-corrected chi connectivity index (χ1v) is 10.7. The summed E-state index contributed by atoms with van der Waals surface area (Å²) in [6, 6.07) is 16.7. The highest BCUT2D eigenvalue weighted by Crippen LogP contribution is 2.23. The second-order valence-electron chi connectivity index (χ2n) is 6.31. The van der Waals surface area contributed by atoms with Crippen LogP contribution in [0.25, 0.3) is 0 Å². The molecule has 3 N–H and O–H groups in total. The first-order chi connectivity index (χ1) is 14.5. The highest BCUT2D eigenvalue weighted by Gasteiger charge is 2.09. The molecule has 0 aliphatic heterocycles. The van der Waals surface area contributed by atoms with Crippen LogP contribution in [0, 0.1) is 6.92 Å². The molecule has 7 nitrogen and oxygen atoms in total. The summed E-state index contributed by atoms with van der Waals surface area (Å²) in [7, 11) is 0. The zero-order valence-electron chi connectivity index (χ0n) is 15.9. The molecule has 0 fully saturated rings. The minimum Gasteiger partial charge on any atom is -0.340 e. The molecule has 0 saturated heterocycles. The number of carbonyl (C=O) groups excluding carboxylic acids is 1. The van der Waals surface area contributed by atoms with Crippen molar-refractivity contribution < 1.29 is 4.79 Å². The highest BCUT2D eigenvalue weighted by molar-refractivity contribution is 9.10. The molecular weight excluding hydrogens is 464 g/mol. The smallest absolute Gasteiger partial charge is 0.265 e. The summed E-state index contributed by atoms with van der Waals surface area (Å²) < 4.78 is 0.897. The second-order valence-corrected chi connectivity index (χ2v) is 8.14. The quantitative estimate of drug-likeness (QED) is 0.325. The Morgan fingerprint density at radius 2 is 1.67 bits per heavy atom. The Morgan fingerprint density at radius 3 is 2.33 bits per heavy atom. The number of carbonyl (C=O) groups is 1. The fourth-order valence-electron chi connectivity index (χ4n) is 2.67. The summed E-state index contributed by atoms with van der Waals surface area (Å²) in [6.45, 7) is 1.83. The van der Waals surface area contributed by atoms with E-state index in [-0.39, 0.29) is 5.91 Å². The van der Waals surface area contributed by atoms with E-state index in [4.69, 9.17) is 0 Å². The monoisotopic (exact) mass is 480 g/mol. The Bertz CT molecular complexity index is 1160. The van der Waals surface area contributed by atoms with E-state index in [9.17, 15) is 4.79 Å². The maximum Gasteiger partial charge on any atom is 0.265 e. The van der Waals surface area contributed by atoms with Crippen LogP contribution in [0.3, 0.4) is 0 Å². The van der Waals surface area contributed by atoms with Gasteiger partial charge in [-0.05, 0) is 65.3 Å². The molecule has 0 aliphatic rings. The van der Waals surface area contributed by atoms with Crippen LogP contribution in [0.15, 0.2) is 70.6 Å². The van der Waals surface area contributed by atoms with Crippen LogP contribution in [0.5, 0.6) is 0 Å². The third-order valence-corrected chi connectivity index (χ3v) is 5.66. The number of thiophene rings is 1. The molecule has 0 unspecified atom stereocenters. The SMILES string of the molecule is Cc1nc(Nc2ccc(NC(=O)c3cc(Br)cs3)cc2)cc(Nc2ccccn2)n1. The molecule has 3 aromatic heterocycles. The fraction of sp³-hybridized carbons (Fsp3) is 0.0476. The Labute approximate surface area is 185 Å². The molecule has 9 heteroatoms. The Balaban J connectivity index is 1.43. The Hall–Kier alpha value is -3.30. The fourth-order valence-corrected chi connectivity index (χ4v) is 3.99. The van der Waals surface area contributed by atoms with Crippen LogP contribution in [0.4, 0.5) is 28.8 Å². The Morgan fingerprint density at radius 1 is 0.933 bits per heavy atom. The molecule has 0 bridgehead atoms. The molecule has 4 rings (SSSR count). The van der Waals surface area contributed by atoms with Crippen LogP contribution in [-0.4, -0.2) is 20.9 Å². The van der Waals surface area contributed by atoms with E-state index in [0.29, 0.717) is 33.8 Å². The predicted molar refractivity (Wildman–Crippen MR) is 124 cm³/mol. The summed E-state index contributed by atoms with van der Waals surface area (Å²) in [4.78, 5) is 26.0. The van der Waals surface area contributed by atoms with Crippen molar-refractivity contribution in [3.05, 3.63) is 81.3 Å². The number of aryl methyl sites for hydroxylation is 1. The molecule has 0 atom stereocenters. The van der Waals surface area contributed by atoms with Crippen molar-refractivity contribution in [2.24, 2.45) is 0 Å². The number of nitrogens with zero attached hydrogens (tertiary/aromatic N) is 3. The van der Waals surface area contributed by atoms with Crippen LogP contribution >= 0.6 is 27.3 Å². The number of aromatic nitrogens is 3. The van der Waals surface area contributed by atoms with Crippen molar-refractivity contribution >= 4 is 62.0 Å². The van der Waals surface area contributed by atoms with E-state index in [0.717, 1.165) is 10.2 Å². The number of rotatable bonds is 6. The minimum absolute atomic E-state index is 0.136. The third-order valence-electron chi connectivity index (χ3n) is 3.97. The van der Waals surface area contributed by atoms with Gasteiger partial charge < -0.3 is 16.0 Å². The zero-order chi connectivity index (χ0) is 20.9. The molecule has 4 aromatic rings. The van der Waals surface area contributed by atoms with E-state index < -0.39 is 0 Å². The summed E-state index contributed by atoms with van der Waals surface area (Å²) >= 11 is 4.75. The lowest BCUT2D eigenvalue weighted by atomic mass is 10.2. The molecule has 30 heavy (non-hydrogen) atoms. The van der Waals surface area contributed by atoms with Gasteiger partial charge in [-0.25, -0.2) is 15.0 Å². The lowest BCUT2D eigenvalue weighted by molar-refractivity contribution is 0.103. The van der Waals surface area contributed by atoms with Crippen LogP contribution < -0.4 is 16.0 Å². The van der Waals surface area contributed by atoms with Gasteiger partial charge in [0.1, 0.15) is 23.3 Å². The summed E-state index contributed by atoms with van der Waals surface area (Å²) in [5.74, 6) is 2.50. The number of benzene rings is 1. The van der Waals surface area contributed by atoms with Gasteiger partial charge in [0.2, 0.25) is 0 Å². The maximum absolute atomic E-state index is 12.3. The number of amides is 1. The second kappa shape index (κ2) is 9.02. The van der Waals surface area contributed by atoms with Gasteiger partial charge in [-0.3, -0.25) is 4.79 Å². The van der Waals surface area contributed by atoms with Gasteiger partial charge in [0.25, 0.3) is 5.91 Å². The number of pyridine rings is 1. The average Bonchev–Trinajstić information content (AvgIpc) is 3.16. The zero-order valence-corrected chi connectivity index (χ0v) is 18.3. The molecular formula is C21H17BrN6OS. The molecule has 3 heterocycles. The first-order valence-electron chi connectivity index (χ1n) is 9.01. The van der Waals surface area contributed by atoms with Gasteiger partial charge in [0.15, 0.2) is 0 Å². The summed E-state index contributed by atoms with van der Waals surface area (Å²) in [6.07, 6.45) is 1.72. The van der Waals surface area contributed by atoms with Gasteiger partial charge in [-0.2, -0.15) is 0 Å². The number of anilines is 5. The van der Waals surface area contributed by atoms with Gasteiger partial charge >= 0.3 is 0 Å². The lowest BCUT2D eigenvalue weighted by Gasteiger charge is -2.10. The molecule has 0 spiro atoms. The van der Waals surface area contributed by atoms with Crippen LogP contribution in [0.2, 0.25) is 0 Å². The molecule has 0 aliphatic carbocycles. The predicted octanol–water partition coefficient (Wildman–Crippen LogP) is 5.74. The topological polar surface area (TPSA) is 91.8 Å². The van der Waals surface area contributed by atoms with Gasteiger partial charge in [0.05, 0.1) is 4.88 Å². The lowest BCUT2D eigenvalue weighted by Crippen LogP contribution is -2.10.